The van der Waals surface area contributed by atoms with E-state index in [1.54, 1.807) is 13.2 Å². The number of methoxy groups -OCH3 is 1. The van der Waals surface area contributed by atoms with Gasteiger partial charge in [0, 0.05) is 19.9 Å². The molecule has 1 aromatic carbocycles. The molecule has 0 aliphatic carbocycles. The van der Waals surface area contributed by atoms with Gasteiger partial charge in [-0.3, -0.25) is 9.59 Å². The fourth-order valence-electron chi connectivity index (χ4n) is 2.74. The quantitative estimate of drug-likeness (QED) is 0.714. The Balaban J connectivity index is 1.84. The smallest absolute Gasteiger partial charge is 0.221 e. The summed E-state index contributed by atoms with van der Waals surface area (Å²) in [6, 6.07) is 5.49. The average molecular weight is 319 g/mol. The van der Waals surface area contributed by atoms with E-state index in [2.05, 4.69) is 16.0 Å². The van der Waals surface area contributed by atoms with Gasteiger partial charge in [0.1, 0.15) is 5.75 Å². The van der Waals surface area contributed by atoms with Crippen molar-refractivity contribution >= 4 is 17.5 Å². The van der Waals surface area contributed by atoms with Gasteiger partial charge in [0.15, 0.2) is 0 Å². The van der Waals surface area contributed by atoms with E-state index in [-0.39, 0.29) is 11.8 Å². The van der Waals surface area contributed by atoms with Crippen molar-refractivity contribution in [2.75, 3.05) is 25.5 Å². The third-order valence-electron chi connectivity index (χ3n) is 4.01. The molecule has 3 N–H and O–H groups in total. The monoisotopic (exact) mass is 319 g/mol. The van der Waals surface area contributed by atoms with Crippen LogP contribution in [0.3, 0.4) is 0 Å². The van der Waals surface area contributed by atoms with Gasteiger partial charge >= 0.3 is 0 Å². The van der Waals surface area contributed by atoms with E-state index >= 15 is 0 Å². The van der Waals surface area contributed by atoms with Crippen molar-refractivity contribution in [2.45, 2.75) is 32.7 Å². The number of benzene rings is 1. The molecular weight excluding hydrogens is 294 g/mol. The summed E-state index contributed by atoms with van der Waals surface area (Å²) in [7, 11) is 1.56. The number of amides is 2. The molecule has 0 bridgehead atoms. The lowest BCUT2D eigenvalue weighted by Gasteiger charge is -2.12. The first-order valence-corrected chi connectivity index (χ1v) is 8.00. The second-order valence-corrected chi connectivity index (χ2v) is 5.89. The van der Waals surface area contributed by atoms with Crippen LogP contribution in [0.5, 0.6) is 5.75 Å². The van der Waals surface area contributed by atoms with Crippen molar-refractivity contribution < 1.29 is 14.3 Å². The molecule has 0 radical (unpaired) electrons. The van der Waals surface area contributed by atoms with Crippen LogP contribution >= 0.6 is 0 Å². The molecule has 6 heteroatoms. The number of ether oxygens (including phenoxy) is 1. The van der Waals surface area contributed by atoms with Crippen molar-refractivity contribution in [1.29, 1.82) is 0 Å². The number of rotatable bonds is 7. The summed E-state index contributed by atoms with van der Waals surface area (Å²) in [5, 5.41) is 8.97. The Labute approximate surface area is 137 Å². The van der Waals surface area contributed by atoms with Crippen molar-refractivity contribution in [2.24, 2.45) is 5.92 Å². The summed E-state index contributed by atoms with van der Waals surface area (Å²) < 4.78 is 5.21. The van der Waals surface area contributed by atoms with E-state index in [4.69, 9.17) is 4.74 Å². The topological polar surface area (TPSA) is 79.5 Å². The fraction of sp³-hybridized carbons (Fsp3) is 0.529. The predicted molar refractivity (Wildman–Crippen MR) is 89.4 cm³/mol. The Morgan fingerprint density at radius 2 is 2.22 bits per heavy atom. The van der Waals surface area contributed by atoms with Gasteiger partial charge in [-0.2, -0.15) is 0 Å². The molecule has 1 fully saturated rings. The summed E-state index contributed by atoms with van der Waals surface area (Å²) in [6.45, 7) is 3.97. The standard InChI is InChI=1S/C17H25N3O3/c1-12(21)20-15-9-14(3-5-16(15)23-2)11-19-17(22)6-4-13-7-8-18-10-13/h3,5,9,13,18H,4,6-8,10-11H2,1-2H3,(H,19,22)(H,20,21). The maximum absolute atomic E-state index is 11.9. The largest absolute Gasteiger partial charge is 0.495 e. The van der Waals surface area contributed by atoms with E-state index in [0.29, 0.717) is 30.3 Å². The zero-order valence-corrected chi connectivity index (χ0v) is 13.8. The normalized spacial score (nSPS) is 16.9. The Bertz CT molecular complexity index is 554. The van der Waals surface area contributed by atoms with E-state index in [0.717, 1.165) is 31.5 Å². The molecule has 2 rings (SSSR count). The fourth-order valence-corrected chi connectivity index (χ4v) is 2.74. The molecule has 0 saturated carbocycles. The highest BCUT2D eigenvalue weighted by Gasteiger charge is 2.15. The van der Waals surface area contributed by atoms with Gasteiger partial charge in [-0.1, -0.05) is 6.07 Å². The molecule has 1 heterocycles. The molecule has 1 unspecified atom stereocenters. The first-order chi connectivity index (χ1) is 11.1. The third kappa shape index (κ3) is 5.56. The zero-order chi connectivity index (χ0) is 16.7. The molecule has 1 atom stereocenters. The van der Waals surface area contributed by atoms with Crippen LogP contribution in [-0.2, 0) is 16.1 Å². The lowest BCUT2D eigenvalue weighted by atomic mass is 10.0. The van der Waals surface area contributed by atoms with Gasteiger partial charge in [0.2, 0.25) is 11.8 Å². The first kappa shape index (κ1) is 17.3. The maximum atomic E-state index is 11.9. The van der Waals surface area contributed by atoms with Crippen LogP contribution in [0.15, 0.2) is 18.2 Å². The van der Waals surface area contributed by atoms with Crippen LogP contribution in [0.2, 0.25) is 0 Å². The molecule has 126 valence electrons. The number of hydrogen-bond acceptors (Lipinski definition) is 4. The van der Waals surface area contributed by atoms with Gasteiger partial charge in [-0.15, -0.1) is 0 Å². The van der Waals surface area contributed by atoms with E-state index in [1.165, 1.54) is 6.92 Å². The second kappa shape index (κ2) is 8.53. The molecule has 1 aliphatic rings. The van der Waals surface area contributed by atoms with E-state index in [9.17, 15) is 9.59 Å². The zero-order valence-electron chi connectivity index (χ0n) is 13.8. The molecular formula is C17H25N3O3. The highest BCUT2D eigenvalue weighted by molar-refractivity contribution is 5.90. The molecule has 6 nitrogen and oxygen atoms in total. The summed E-state index contributed by atoms with van der Waals surface area (Å²) in [5.41, 5.74) is 1.54. The Morgan fingerprint density at radius 1 is 1.39 bits per heavy atom. The number of nitrogens with one attached hydrogen (secondary N) is 3. The van der Waals surface area contributed by atoms with Crippen LogP contribution in [0.1, 0.15) is 31.7 Å². The van der Waals surface area contributed by atoms with Crippen LogP contribution < -0.4 is 20.7 Å². The number of anilines is 1. The highest BCUT2D eigenvalue weighted by Crippen LogP contribution is 2.25. The molecule has 1 aliphatic heterocycles. The van der Waals surface area contributed by atoms with Crippen molar-refractivity contribution in [3.05, 3.63) is 23.8 Å². The van der Waals surface area contributed by atoms with Crippen molar-refractivity contribution in [1.82, 2.24) is 10.6 Å². The lowest BCUT2D eigenvalue weighted by molar-refractivity contribution is -0.121. The summed E-state index contributed by atoms with van der Waals surface area (Å²) >= 11 is 0. The van der Waals surface area contributed by atoms with Gasteiger partial charge in [0.05, 0.1) is 12.8 Å². The van der Waals surface area contributed by atoms with Crippen LogP contribution in [0.4, 0.5) is 5.69 Å². The SMILES string of the molecule is COc1ccc(CNC(=O)CCC2CCNC2)cc1NC(C)=O. The minimum Gasteiger partial charge on any atom is -0.495 e. The Hall–Kier alpha value is -2.08. The van der Waals surface area contributed by atoms with Gasteiger partial charge in [-0.05, 0) is 49.5 Å². The summed E-state index contributed by atoms with van der Waals surface area (Å²) in [4.78, 5) is 23.2. The first-order valence-electron chi connectivity index (χ1n) is 8.00. The second-order valence-electron chi connectivity index (χ2n) is 5.89. The van der Waals surface area contributed by atoms with Crippen molar-refractivity contribution in [3.63, 3.8) is 0 Å². The van der Waals surface area contributed by atoms with Gasteiger partial charge < -0.3 is 20.7 Å². The predicted octanol–water partition coefficient (Wildman–Crippen LogP) is 1.66. The Kier molecular flexibility index (Phi) is 6.40. The number of hydrogen-bond donors (Lipinski definition) is 3. The van der Waals surface area contributed by atoms with Crippen LogP contribution in [-0.4, -0.2) is 32.0 Å². The molecule has 23 heavy (non-hydrogen) atoms. The maximum Gasteiger partial charge on any atom is 0.221 e. The lowest BCUT2D eigenvalue weighted by Crippen LogP contribution is -2.23. The number of carbonyl (C=O) groups excluding carboxylic acids is 2. The summed E-state index contributed by atoms with van der Waals surface area (Å²) in [5.74, 6) is 1.13. The molecule has 1 saturated heterocycles. The van der Waals surface area contributed by atoms with Crippen molar-refractivity contribution in [3.8, 4) is 5.75 Å². The molecule has 1 aromatic rings. The van der Waals surface area contributed by atoms with Gasteiger partial charge in [0.25, 0.3) is 0 Å². The van der Waals surface area contributed by atoms with Crippen LogP contribution in [0, 0.1) is 5.92 Å². The van der Waals surface area contributed by atoms with E-state index in [1.807, 2.05) is 12.1 Å². The summed E-state index contributed by atoms with van der Waals surface area (Å²) in [6.07, 6.45) is 2.64. The molecule has 0 aromatic heterocycles. The van der Waals surface area contributed by atoms with Crippen LogP contribution in [0.25, 0.3) is 0 Å². The number of carbonyl (C=O) groups is 2. The van der Waals surface area contributed by atoms with Gasteiger partial charge in [-0.25, -0.2) is 0 Å². The minimum atomic E-state index is -0.158. The molecule has 0 spiro atoms. The van der Waals surface area contributed by atoms with E-state index < -0.39 is 0 Å². The highest BCUT2D eigenvalue weighted by atomic mass is 16.5. The minimum absolute atomic E-state index is 0.0637. The average Bonchev–Trinajstić information content (AvgIpc) is 3.04. The third-order valence-corrected chi connectivity index (χ3v) is 4.01. The molecule has 2 amide bonds. The Morgan fingerprint density at radius 3 is 2.87 bits per heavy atom.